The van der Waals surface area contributed by atoms with Gasteiger partial charge in [0.1, 0.15) is 16.7 Å². The Morgan fingerprint density at radius 2 is 1.79 bits per heavy atom. The van der Waals surface area contributed by atoms with Crippen molar-refractivity contribution in [2.45, 2.75) is 18.6 Å². The molecule has 0 unspecified atom stereocenters. The predicted octanol–water partition coefficient (Wildman–Crippen LogP) is 2.50. The third-order valence-corrected chi connectivity index (χ3v) is 5.26. The van der Waals surface area contributed by atoms with E-state index < -0.39 is 5.25 Å². The van der Waals surface area contributed by atoms with Gasteiger partial charge in [0.2, 0.25) is 11.8 Å². The van der Waals surface area contributed by atoms with Gasteiger partial charge in [-0.2, -0.15) is 5.10 Å². The molecule has 1 aliphatic rings. The molecule has 0 aromatic heterocycles. The summed E-state index contributed by atoms with van der Waals surface area (Å²) in [5, 5.41) is 16.8. The summed E-state index contributed by atoms with van der Waals surface area (Å²) < 4.78 is 5.09. The number of ether oxygens (including phenoxy) is 1. The van der Waals surface area contributed by atoms with Gasteiger partial charge in [-0.1, -0.05) is 11.8 Å². The van der Waals surface area contributed by atoms with E-state index in [1.54, 1.807) is 62.6 Å². The van der Waals surface area contributed by atoms with E-state index in [2.05, 4.69) is 10.2 Å². The second-order valence-corrected chi connectivity index (χ2v) is 7.47. The zero-order valence-corrected chi connectivity index (χ0v) is 16.7. The van der Waals surface area contributed by atoms with Crippen LogP contribution in [0.5, 0.6) is 11.5 Å². The van der Waals surface area contributed by atoms with Crippen LogP contribution in [0.2, 0.25) is 0 Å². The summed E-state index contributed by atoms with van der Waals surface area (Å²) in [6.07, 6.45) is 0.0341. The fourth-order valence-electron chi connectivity index (χ4n) is 2.75. The zero-order chi connectivity index (χ0) is 21.0. The molecule has 1 aliphatic heterocycles. The minimum atomic E-state index is -0.655. The minimum Gasteiger partial charge on any atom is -0.508 e. The summed E-state index contributed by atoms with van der Waals surface area (Å²) in [6.45, 7) is 1.75. The Balaban J connectivity index is 1.68. The van der Waals surface area contributed by atoms with Crippen molar-refractivity contribution in [1.29, 1.82) is 0 Å². The number of thioether (sulfide) groups is 1. The van der Waals surface area contributed by atoms with Gasteiger partial charge >= 0.3 is 0 Å². The van der Waals surface area contributed by atoms with Crippen LogP contribution in [-0.4, -0.2) is 40.2 Å². The quantitative estimate of drug-likeness (QED) is 0.337. The van der Waals surface area contributed by atoms with Crippen molar-refractivity contribution in [2.75, 3.05) is 12.0 Å². The summed E-state index contributed by atoms with van der Waals surface area (Å²) in [5.41, 5.74) is 7.77. The number of anilines is 1. The summed E-state index contributed by atoms with van der Waals surface area (Å²) in [7, 11) is 1.54. The molecule has 1 fully saturated rings. The number of benzene rings is 2. The van der Waals surface area contributed by atoms with Crippen molar-refractivity contribution in [2.24, 2.45) is 15.9 Å². The third kappa shape index (κ3) is 4.75. The van der Waals surface area contributed by atoms with Crippen LogP contribution in [0.3, 0.4) is 0 Å². The van der Waals surface area contributed by atoms with Gasteiger partial charge in [0.05, 0.1) is 18.5 Å². The summed E-state index contributed by atoms with van der Waals surface area (Å²) >= 11 is 1.01. The van der Waals surface area contributed by atoms with Gasteiger partial charge in [-0.05, 0) is 61.0 Å². The molecule has 2 amide bonds. The first-order chi connectivity index (χ1) is 13.9. The number of nitrogens with two attached hydrogens (primary N) is 1. The zero-order valence-electron chi connectivity index (χ0n) is 15.9. The van der Waals surface area contributed by atoms with Crippen LogP contribution in [0.4, 0.5) is 5.69 Å². The lowest BCUT2D eigenvalue weighted by molar-refractivity contribution is -0.121. The van der Waals surface area contributed by atoms with Crippen molar-refractivity contribution in [3.8, 4) is 11.5 Å². The van der Waals surface area contributed by atoms with Gasteiger partial charge in [0, 0.05) is 6.42 Å². The van der Waals surface area contributed by atoms with Gasteiger partial charge in [0.25, 0.3) is 0 Å². The van der Waals surface area contributed by atoms with E-state index in [1.807, 2.05) is 0 Å². The number of carbonyl (C=O) groups excluding carboxylic acids is 2. The van der Waals surface area contributed by atoms with Gasteiger partial charge in [-0.3, -0.25) is 9.59 Å². The number of phenolic OH excluding ortho intramolecular Hbond substituents is 1. The third-order valence-electron chi connectivity index (χ3n) is 4.28. The minimum absolute atomic E-state index is 0.0341. The van der Waals surface area contributed by atoms with Crippen molar-refractivity contribution < 1.29 is 19.4 Å². The van der Waals surface area contributed by atoms with Gasteiger partial charge in [-0.25, -0.2) is 4.90 Å². The molecule has 1 atom stereocenters. The van der Waals surface area contributed by atoms with E-state index >= 15 is 0 Å². The Hall–Kier alpha value is -3.33. The fourth-order valence-corrected chi connectivity index (χ4v) is 3.56. The molecule has 9 heteroatoms. The number of amidine groups is 1. The molecule has 1 saturated heterocycles. The Kier molecular flexibility index (Phi) is 6.18. The second kappa shape index (κ2) is 8.78. The molecule has 150 valence electrons. The first-order valence-corrected chi connectivity index (χ1v) is 9.61. The molecule has 3 N–H and O–H groups in total. The number of nitrogens with zero attached hydrogens (tertiary/aromatic N) is 3. The average Bonchev–Trinajstić information content (AvgIpc) is 2.99. The maximum atomic E-state index is 12.7. The standard InChI is InChI=1S/C20H20N4O4S/c1-12(13-3-7-15(25)8-4-13)22-23-20(21)29-17-11-18(26)24(19(17)27)14-5-9-16(28-2)10-6-14/h3-10,17,25H,11H2,1-2H3,(H2,21,23)/b22-12-/t17-/m1/s1. The maximum absolute atomic E-state index is 12.7. The number of rotatable bonds is 5. The van der Waals surface area contributed by atoms with Gasteiger partial charge < -0.3 is 15.6 Å². The second-order valence-electron chi connectivity index (χ2n) is 6.25. The van der Waals surface area contributed by atoms with E-state index in [4.69, 9.17) is 10.5 Å². The summed E-state index contributed by atoms with van der Waals surface area (Å²) in [4.78, 5) is 26.2. The van der Waals surface area contributed by atoms with Crippen LogP contribution in [0.1, 0.15) is 18.9 Å². The normalized spacial score (nSPS) is 17.7. The van der Waals surface area contributed by atoms with Crippen LogP contribution >= 0.6 is 11.8 Å². The maximum Gasteiger partial charge on any atom is 0.247 e. The van der Waals surface area contributed by atoms with E-state index in [-0.39, 0.29) is 29.2 Å². The molecule has 29 heavy (non-hydrogen) atoms. The van der Waals surface area contributed by atoms with E-state index in [1.165, 1.54) is 0 Å². The predicted molar refractivity (Wildman–Crippen MR) is 113 cm³/mol. The van der Waals surface area contributed by atoms with Crippen molar-refractivity contribution in [3.63, 3.8) is 0 Å². The first-order valence-electron chi connectivity index (χ1n) is 8.73. The summed E-state index contributed by atoms with van der Waals surface area (Å²) in [5.74, 6) is 0.153. The molecule has 0 spiro atoms. The molecule has 3 rings (SSSR count). The number of imide groups is 1. The number of aromatic hydroxyl groups is 1. The monoisotopic (exact) mass is 412 g/mol. The average molecular weight is 412 g/mol. The Morgan fingerprint density at radius 1 is 1.14 bits per heavy atom. The lowest BCUT2D eigenvalue weighted by atomic mass is 10.1. The molecule has 0 radical (unpaired) electrons. The molecule has 0 bridgehead atoms. The molecule has 8 nitrogen and oxygen atoms in total. The lowest BCUT2D eigenvalue weighted by Crippen LogP contribution is -2.31. The van der Waals surface area contributed by atoms with Crippen LogP contribution in [0, 0.1) is 0 Å². The molecule has 0 aliphatic carbocycles. The fraction of sp³-hybridized carbons (Fsp3) is 0.200. The van der Waals surface area contributed by atoms with Crippen molar-refractivity contribution in [1.82, 2.24) is 0 Å². The lowest BCUT2D eigenvalue weighted by Gasteiger charge is -2.15. The first kappa shape index (κ1) is 20.4. The number of hydrogen-bond donors (Lipinski definition) is 2. The highest BCUT2D eigenvalue weighted by atomic mass is 32.2. The number of amides is 2. The van der Waals surface area contributed by atoms with Crippen LogP contribution < -0.4 is 15.4 Å². The van der Waals surface area contributed by atoms with E-state index in [0.29, 0.717) is 17.1 Å². The molecular weight excluding hydrogens is 392 g/mol. The van der Waals surface area contributed by atoms with Crippen LogP contribution in [0.25, 0.3) is 0 Å². The Bertz CT molecular complexity index is 971. The number of hydrogen-bond acceptors (Lipinski definition) is 7. The van der Waals surface area contributed by atoms with Crippen molar-refractivity contribution >= 4 is 40.1 Å². The summed E-state index contributed by atoms with van der Waals surface area (Å²) in [6, 6.07) is 13.2. The number of methoxy groups -OCH3 is 1. The van der Waals surface area contributed by atoms with E-state index in [9.17, 15) is 14.7 Å². The smallest absolute Gasteiger partial charge is 0.247 e. The highest BCUT2D eigenvalue weighted by molar-refractivity contribution is 8.14. The molecule has 2 aromatic rings. The Morgan fingerprint density at radius 3 is 2.41 bits per heavy atom. The van der Waals surface area contributed by atoms with Gasteiger partial charge in [-0.15, -0.1) is 5.10 Å². The van der Waals surface area contributed by atoms with Crippen LogP contribution in [-0.2, 0) is 9.59 Å². The molecule has 0 saturated carbocycles. The molecule has 2 aromatic carbocycles. The van der Waals surface area contributed by atoms with Crippen LogP contribution in [0.15, 0.2) is 58.7 Å². The SMILES string of the molecule is COc1ccc(N2C(=O)C[C@@H](SC(N)=N/N=C(/C)c3ccc(O)cc3)C2=O)cc1. The molecule has 1 heterocycles. The number of phenols is 1. The van der Waals surface area contributed by atoms with Gasteiger partial charge in [0.15, 0.2) is 5.17 Å². The topological polar surface area (TPSA) is 118 Å². The highest BCUT2D eigenvalue weighted by Crippen LogP contribution is 2.30. The molecular formula is C20H20N4O4S. The van der Waals surface area contributed by atoms with E-state index in [0.717, 1.165) is 22.2 Å². The van der Waals surface area contributed by atoms with Crippen molar-refractivity contribution in [3.05, 3.63) is 54.1 Å². The Labute approximate surface area is 172 Å². The largest absolute Gasteiger partial charge is 0.508 e. The highest BCUT2D eigenvalue weighted by Gasteiger charge is 2.40. The number of carbonyl (C=O) groups is 2.